The fraction of sp³-hybridized carbons (Fsp3) is 0.621. The van der Waals surface area contributed by atoms with E-state index in [9.17, 15) is 24.4 Å². The van der Waals surface area contributed by atoms with E-state index in [1.165, 1.54) is 7.05 Å². The first kappa shape index (κ1) is 34.3. The lowest BCUT2D eigenvalue weighted by atomic mass is 9.81. The lowest BCUT2D eigenvalue weighted by Crippen LogP contribution is -2.55. The third kappa shape index (κ3) is 11.6. The first-order chi connectivity index (χ1) is 20.0. The maximum atomic E-state index is 13.8. The van der Waals surface area contributed by atoms with Crippen LogP contribution in [0.3, 0.4) is 0 Å². The molecular formula is C29H47N7O6. The zero-order chi connectivity index (χ0) is 31.1. The number of nitrogens with zero attached hydrogens (tertiary/aromatic N) is 1. The number of amides is 4. The van der Waals surface area contributed by atoms with Crippen molar-refractivity contribution in [2.24, 2.45) is 34.2 Å². The van der Waals surface area contributed by atoms with Crippen molar-refractivity contribution in [3.8, 4) is 5.75 Å². The van der Waals surface area contributed by atoms with Crippen LogP contribution in [-0.4, -0.2) is 67.1 Å². The highest BCUT2D eigenvalue weighted by Gasteiger charge is 2.36. The van der Waals surface area contributed by atoms with Crippen molar-refractivity contribution in [3.05, 3.63) is 29.8 Å². The van der Waals surface area contributed by atoms with Gasteiger partial charge in [-0.3, -0.25) is 29.4 Å². The Morgan fingerprint density at radius 3 is 2.45 bits per heavy atom. The summed E-state index contributed by atoms with van der Waals surface area (Å²) >= 11 is 0. The summed E-state index contributed by atoms with van der Waals surface area (Å²) in [6.45, 7) is 4.76. The van der Waals surface area contributed by atoms with Crippen molar-refractivity contribution in [1.29, 1.82) is 0 Å². The van der Waals surface area contributed by atoms with Crippen LogP contribution >= 0.6 is 0 Å². The Balaban J connectivity index is 2.39. The van der Waals surface area contributed by atoms with Crippen LogP contribution in [0.25, 0.3) is 0 Å². The number of nitrogens with two attached hydrogens (primary N) is 2. The quantitative estimate of drug-likeness (QED) is 0.0641. The van der Waals surface area contributed by atoms with Crippen LogP contribution < -0.4 is 37.6 Å². The predicted molar refractivity (Wildman–Crippen MR) is 158 cm³/mol. The molecule has 0 radical (unpaired) electrons. The molecule has 234 valence electrons. The summed E-state index contributed by atoms with van der Waals surface area (Å²) in [5.74, 6) is -2.76. The molecule has 0 aromatic heterocycles. The van der Waals surface area contributed by atoms with Crippen molar-refractivity contribution in [2.45, 2.75) is 77.3 Å². The van der Waals surface area contributed by atoms with Crippen molar-refractivity contribution in [1.82, 2.24) is 21.4 Å². The third-order valence-electron chi connectivity index (χ3n) is 7.32. The van der Waals surface area contributed by atoms with E-state index in [1.807, 2.05) is 26.0 Å². The molecule has 9 N–H and O–H groups in total. The van der Waals surface area contributed by atoms with Gasteiger partial charge in [0.2, 0.25) is 23.6 Å². The van der Waals surface area contributed by atoms with E-state index >= 15 is 0 Å². The first-order valence-electron chi connectivity index (χ1n) is 14.6. The minimum atomic E-state index is -1.04. The molecule has 2 aliphatic heterocycles. The molecule has 42 heavy (non-hydrogen) atoms. The molecule has 0 unspecified atom stereocenters. The number of likely N-dealkylation sites (N-methyl/N-ethyl adjacent to an activating group) is 1. The maximum absolute atomic E-state index is 13.8. The van der Waals surface area contributed by atoms with E-state index in [2.05, 4.69) is 20.9 Å². The van der Waals surface area contributed by atoms with Crippen LogP contribution in [0.1, 0.15) is 64.4 Å². The van der Waals surface area contributed by atoms with Gasteiger partial charge in [-0.2, -0.15) is 0 Å². The van der Waals surface area contributed by atoms with Gasteiger partial charge < -0.3 is 32.2 Å². The molecule has 1 aromatic rings. The van der Waals surface area contributed by atoms with Crippen molar-refractivity contribution in [2.75, 3.05) is 20.2 Å². The number of fused-ring (bicyclic) bond motifs is 12. The SMILES string of the molecule is CNC(=O)[C@H](CCCN=C(N)N)NC(=O)[C@@H]1Cc2ccc(cc2)OCCCC[C@H](C(=O)NO)[C@@H](CCC(C)C)C(=O)N1. The van der Waals surface area contributed by atoms with Crippen LogP contribution in [0.15, 0.2) is 29.3 Å². The molecule has 2 bridgehead atoms. The van der Waals surface area contributed by atoms with E-state index in [0.29, 0.717) is 50.9 Å². The molecule has 0 saturated heterocycles. The summed E-state index contributed by atoms with van der Waals surface area (Å²) in [5.41, 5.74) is 13.3. The van der Waals surface area contributed by atoms with Gasteiger partial charge in [0.25, 0.3) is 0 Å². The number of benzene rings is 1. The molecule has 0 fully saturated rings. The normalized spacial score (nSPS) is 20.2. The Morgan fingerprint density at radius 1 is 1.12 bits per heavy atom. The molecule has 4 amide bonds. The van der Waals surface area contributed by atoms with Crippen LogP contribution in [0.4, 0.5) is 0 Å². The highest BCUT2D eigenvalue weighted by Crippen LogP contribution is 2.27. The number of rotatable bonds is 11. The zero-order valence-corrected chi connectivity index (χ0v) is 24.9. The second-order valence-electron chi connectivity index (χ2n) is 11.0. The lowest BCUT2D eigenvalue weighted by Gasteiger charge is -2.28. The van der Waals surface area contributed by atoms with Gasteiger partial charge in [-0.15, -0.1) is 0 Å². The van der Waals surface area contributed by atoms with E-state index in [0.717, 1.165) is 5.56 Å². The smallest absolute Gasteiger partial charge is 0.247 e. The number of hydroxylamine groups is 1. The number of hydrogen-bond acceptors (Lipinski definition) is 7. The molecule has 2 aliphatic rings. The van der Waals surface area contributed by atoms with Gasteiger partial charge >= 0.3 is 0 Å². The van der Waals surface area contributed by atoms with Gasteiger partial charge in [0, 0.05) is 25.9 Å². The number of nitrogens with one attached hydrogen (secondary N) is 4. The molecule has 4 atom stereocenters. The van der Waals surface area contributed by atoms with Gasteiger partial charge in [0.15, 0.2) is 5.96 Å². The highest BCUT2D eigenvalue weighted by atomic mass is 16.5. The van der Waals surface area contributed by atoms with Gasteiger partial charge in [0.05, 0.1) is 12.5 Å². The Kier molecular flexibility index (Phi) is 14.6. The topological polar surface area (TPSA) is 210 Å². The van der Waals surface area contributed by atoms with Gasteiger partial charge in [-0.25, -0.2) is 5.48 Å². The van der Waals surface area contributed by atoms with Gasteiger partial charge in [0.1, 0.15) is 17.8 Å². The highest BCUT2D eigenvalue weighted by molar-refractivity contribution is 5.94. The molecule has 0 aliphatic carbocycles. The second kappa shape index (κ2) is 17.8. The summed E-state index contributed by atoms with van der Waals surface area (Å²) in [7, 11) is 1.47. The summed E-state index contributed by atoms with van der Waals surface area (Å²) in [4.78, 5) is 56.8. The van der Waals surface area contributed by atoms with Crippen molar-refractivity contribution >= 4 is 29.6 Å². The molecular weight excluding hydrogens is 542 g/mol. The fourth-order valence-corrected chi connectivity index (χ4v) is 4.95. The lowest BCUT2D eigenvalue weighted by molar-refractivity contribution is -0.142. The van der Waals surface area contributed by atoms with Crippen LogP contribution in [-0.2, 0) is 25.6 Å². The molecule has 0 spiro atoms. The number of aliphatic imine (C=N–C) groups is 1. The molecule has 13 nitrogen and oxygen atoms in total. The average molecular weight is 590 g/mol. The van der Waals surface area contributed by atoms with Crippen LogP contribution in [0, 0.1) is 17.8 Å². The minimum Gasteiger partial charge on any atom is -0.494 e. The Labute approximate surface area is 247 Å². The summed E-state index contributed by atoms with van der Waals surface area (Å²) in [5, 5.41) is 17.7. The molecule has 3 rings (SSSR count). The number of ether oxygens (including phenoxy) is 1. The summed E-state index contributed by atoms with van der Waals surface area (Å²) < 4.78 is 5.83. The predicted octanol–water partition coefficient (Wildman–Crippen LogP) is 0.735. The number of carbonyl (C=O) groups excluding carboxylic acids is 4. The van der Waals surface area contributed by atoms with E-state index in [4.69, 9.17) is 16.2 Å². The summed E-state index contributed by atoms with van der Waals surface area (Å²) in [6.07, 6.45) is 3.52. The largest absolute Gasteiger partial charge is 0.494 e. The Hall–Kier alpha value is -3.87. The monoisotopic (exact) mass is 589 g/mol. The third-order valence-corrected chi connectivity index (χ3v) is 7.32. The van der Waals surface area contributed by atoms with Gasteiger partial charge in [-0.05, 0) is 62.1 Å². The van der Waals surface area contributed by atoms with E-state index < -0.39 is 47.5 Å². The fourth-order valence-electron chi connectivity index (χ4n) is 4.95. The molecule has 2 heterocycles. The van der Waals surface area contributed by atoms with Gasteiger partial charge in [-0.1, -0.05) is 32.4 Å². The maximum Gasteiger partial charge on any atom is 0.247 e. The molecule has 1 aromatic carbocycles. The van der Waals surface area contributed by atoms with E-state index in [-0.39, 0.29) is 31.3 Å². The molecule has 0 saturated carbocycles. The first-order valence-corrected chi connectivity index (χ1v) is 14.6. The van der Waals surface area contributed by atoms with Crippen LogP contribution in [0.5, 0.6) is 5.75 Å². The summed E-state index contributed by atoms with van der Waals surface area (Å²) in [6, 6.07) is 5.33. The Bertz CT molecular complexity index is 1060. The zero-order valence-electron chi connectivity index (χ0n) is 24.9. The standard InChI is InChI=1S/C29H47N7O6/c1-18(2)9-14-22-21(26(38)36-41)7-4-5-16-42-20-12-10-19(11-13-20)17-24(35-25(22)37)28(40)34-23(27(39)32-3)8-6-15-33-29(30)31/h10-13,18,21-24,41H,4-9,14-17H2,1-3H3,(H,32,39)(H,34,40)(H,35,37)(H,36,38)(H4,30,31,33)/t21-,22+,23-,24-/m0/s1. The van der Waals surface area contributed by atoms with Crippen LogP contribution in [0.2, 0.25) is 0 Å². The second-order valence-corrected chi connectivity index (χ2v) is 11.0. The minimum absolute atomic E-state index is 0.0645. The van der Waals surface area contributed by atoms with Crippen molar-refractivity contribution < 1.29 is 29.1 Å². The van der Waals surface area contributed by atoms with E-state index in [1.54, 1.807) is 17.6 Å². The Morgan fingerprint density at radius 2 is 1.83 bits per heavy atom. The number of guanidine groups is 1. The molecule has 13 heteroatoms. The van der Waals surface area contributed by atoms with Crippen molar-refractivity contribution in [3.63, 3.8) is 0 Å². The average Bonchev–Trinajstić information content (AvgIpc) is 2.97. The number of carbonyl (C=O) groups is 4. The number of hydrogen-bond donors (Lipinski definition) is 7.